The topological polar surface area (TPSA) is 122 Å². The summed E-state index contributed by atoms with van der Waals surface area (Å²) < 4.78 is 7.41. The second kappa shape index (κ2) is 11.7. The van der Waals surface area contributed by atoms with Crippen LogP contribution in [0.5, 0.6) is 5.88 Å². The predicted octanol–water partition coefficient (Wildman–Crippen LogP) is 3.01. The van der Waals surface area contributed by atoms with Crippen LogP contribution >= 0.6 is 23.2 Å². The van der Waals surface area contributed by atoms with Crippen molar-refractivity contribution in [1.29, 1.82) is 0 Å². The van der Waals surface area contributed by atoms with Crippen LogP contribution in [0.3, 0.4) is 0 Å². The number of likely N-dealkylation sites (tertiary alicyclic amines) is 1. The molecular weight excluding hydrogens is 449 g/mol. The fourth-order valence-corrected chi connectivity index (χ4v) is 3.52. The first-order valence-corrected chi connectivity index (χ1v) is 10.3. The van der Waals surface area contributed by atoms with Gasteiger partial charge in [0.1, 0.15) is 12.4 Å². The highest BCUT2D eigenvalue weighted by molar-refractivity contribution is 6.35. The van der Waals surface area contributed by atoms with E-state index in [2.05, 4.69) is 10.00 Å². The van der Waals surface area contributed by atoms with Crippen LogP contribution in [-0.2, 0) is 14.4 Å². The molecule has 0 unspecified atom stereocenters. The third-order valence-corrected chi connectivity index (χ3v) is 5.26. The Balaban J connectivity index is 0.000000501. The molecule has 0 saturated carbocycles. The van der Waals surface area contributed by atoms with Gasteiger partial charge >= 0.3 is 11.9 Å². The number of aliphatic carboxylic acids is 2. The molecule has 0 spiro atoms. The Labute approximate surface area is 189 Å². The number of carbonyl (C=O) groups is 3. The minimum atomic E-state index is -1.82. The van der Waals surface area contributed by atoms with Crippen LogP contribution in [0.25, 0.3) is 5.69 Å². The molecule has 2 aromatic rings. The zero-order valence-corrected chi connectivity index (χ0v) is 18.3. The maximum absolute atomic E-state index is 11.4. The van der Waals surface area contributed by atoms with Gasteiger partial charge < -0.3 is 14.9 Å². The maximum Gasteiger partial charge on any atom is 0.414 e. The number of carbonyl (C=O) groups excluding carboxylic acids is 1. The van der Waals surface area contributed by atoms with E-state index in [1.807, 2.05) is 18.3 Å². The lowest BCUT2D eigenvalue weighted by atomic mass is 9.93. The Morgan fingerprint density at radius 3 is 2.32 bits per heavy atom. The minimum Gasteiger partial charge on any atom is -0.475 e. The van der Waals surface area contributed by atoms with Gasteiger partial charge in [-0.2, -0.15) is 0 Å². The molecule has 1 fully saturated rings. The number of Topliss-reactive ketones (excluding diaryl/α,β-unsaturated/α-hetero) is 1. The number of ether oxygens (including phenoxy) is 1. The Kier molecular flexibility index (Phi) is 9.29. The molecule has 1 saturated heterocycles. The van der Waals surface area contributed by atoms with Gasteiger partial charge in [-0.05, 0) is 51.1 Å². The van der Waals surface area contributed by atoms with Crippen molar-refractivity contribution in [3.63, 3.8) is 0 Å². The van der Waals surface area contributed by atoms with E-state index in [0.29, 0.717) is 28.3 Å². The monoisotopic (exact) mass is 471 g/mol. The van der Waals surface area contributed by atoms with Gasteiger partial charge in [-0.3, -0.25) is 9.69 Å². The molecule has 9 nitrogen and oxygen atoms in total. The first-order valence-electron chi connectivity index (χ1n) is 9.50. The second-order valence-corrected chi connectivity index (χ2v) is 7.72. The largest absolute Gasteiger partial charge is 0.475 e. The number of piperidine rings is 1. The molecule has 2 N–H and O–H groups in total. The molecule has 11 heteroatoms. The van der Waals surface area contributed by atoms with Crippen LogP contribution in [0.4, 0.5) is 0 Å². The lowest BCUT2D eigenvalue weighted by molar-refractivity contribution is -0.159. The molecule has 31 heavy (non-hydrogen) atoms. The molecule has 1 aromatic carbocycles. The molecule has 2 heterocycles. The first-order chi connectivity index (χ1) is 14.7. The van der Waals surface area contributed by atoms with Crippen molar-refractivity contribution < 1.29 is 29.3 Å². The highest BCUT2D eigenvalue weighted by Gasteiger charge is 2.22. The Hall–Kier alpha value is -2.62. The van der Waals surface area contributed by atoms with E-state index in [0.717, 1.165) is 38.2 Å². The van der Waals surface area contributed by atoms with E-state index in [4.69, 9.17) is 47.7 Å². The number of halogens is 2. The standard InChI is InChI=1S/C18H21Cl2N3O2.C2H2O4/c1-13(24)14-4-7-22(8-5-14)10-11-25-18-6-9-23(21-18)17-3-2-15(19)12-16(17)20;3-1(4)2(5)6/h2-3,6,9,12,14H,4-5,7-8,10-11H2,1H3;(H,3,4)(H,5,6). The average molecular weight is 472 g/mol. The smallest absolute Gasteiger partial charge is 0.414 e. The summed E-state index contributed by atoms with van der Waals surface area (Å²) in [7, 11) is 0. The number of nitrogens with zero attached hydrogens (tertiary/aromatic N) is 3. The molecule has 0 radical (unpaired) electrons. The summed E-state index contributed by atoms with van der Waals surface area (Å²) in [5.74, 6) is -2.55. The van der Waals surface area contributed by atoms with Gasteiger partial charge in [0, 0.05) is 29.7 Å². The Bertz CT molecular complexity index is 913. The summed E-state index contributed by atoms with van der Waals surface area (Å²) in [5, 5.41) is 20.3. The number of carboxylic acids is 2. The lowest BCUT2D eigenvalue weighted by Gasteiger charge is -2.30. The third kappa shape index (κ3) is 7.86. The summed E-state index contributed by atoms with van der Waals surface area (Å²) in [6, 6.07) is 7.09. The lowest BCUT2D eigenvalue weighted by Crippen LogP contribution is -2.38. The van der Waals surface area contributed by atoms with Gasteiger partial charge in [0.15, 0.2) is 0 Å². The van der Waals surface area contributed by atoms with Crippen LogP contribution < -0.4 is 4.74 Å². The molecule has 3 rings (SSSR count). The summed E-state index contributed by atoms with van der Waals surface area (Å²) in [6.07, 6.45) is 3.70. The van der Waals surface area contributed by atoms with Crippen molar-refractivity contribution in [2.75, 3.05) is 26.2 Å². The number of aromatic nitrogens is 2. The molecule has 0 atom stereocenters. The molecule has 0 bridgehead atoms. The van der Waals surface area contributed by atoms with E-state index in [1.54, 1.807) is 23.7 Å². The van der Waals surface area contributed by atoms with Gasteiger partial charge in [0.05, 0.1) is 10.7 Å². The first kappa shape index (κ1) is 24.6. The summed E-state index contributed by atoms with van der Waals surface area (Å²) in [6.45, 7) is 4.98. The highest BCUT2D eigenvalue weighted by atomic mass is 35.5. The predicted molar refractivity (Wildman–Crippen MR) is 114 cm³/mol. The van der Waals surface area contributed by atoms with E-state index in [-0.39, 0.29) is 5.92 Å². The number of rotatable bonds is 6. The molecule has 0 amide bonds. The fraction of sp³-hybridized carbons (Fsp3) is 0.400. The van der Waals surface area contributed by atoms with Crippen LogP contribution in [0.1, 0.15) is 19.8 Å². The minimum absolute atomic E-state index is 0.233. The average Bonchev–Trinajstić information content (AvgIpc) is 3.17. The van der Waals surface area contributed by atoms with E-state index in [9.17, 15) is 4.79 Å². The molecule has 1 aliphatic rings. The van der Waals surface area contributed by atoms with Crippen LogP contribution in [0.2, 0.25) is 10.0 Å². The number of hydrogen-bond donors (Lipinski definition) is 2. The van der Waals surface area contributed by atoms with E-state index in [1.165, 1.54) is 0 Å². The molecule has 1 aromatic heterocycles. The SMILES string of the molecule is CC(=O)C1CCN(CCOc2ccn(-c3ccc(Cl)cc3Cl)n2)CC1.O=C(O)C(=O)O. The fourth-order valence-electron chi connectivity index (χ4n) is 3.03. The van der Waals surface area contributed by atoms with Crippen LogP contribution in [0, 0.1) is 5.92 Å². The zero-order chi connectivity index (χ0) is 23.0. The summed E-state index contributed by atoms with van der Waals surface area (Å²) in [4.78, 5) is 31.9. The Morgan fingerprint density at radius 2 is 1.77 bits per heavy atom. The van der Waals surface area contributed by atoms with Crippen LogP contribution in [-0.4, -0.2) is 68.9 Å². The van der Waals surface area contributed by atoms with Gasteiger partial charge in [-0.1, -0.05) is 23.2 Å². The number of ketones is 1. The van der Waals surface area contributed by atoms with Crippen LogP contribution in [0.15, 0.2) is 30.5 Å². The second-order valence-electron chi connectivity index (χ2n) is 6.88. The zero-order valence-electron chi connectivity index (χ0n) is 16.8. The Morgan fingerprint density at radius 1 is 1.13 bits per heavy atom. The summed E-state index contributed by atoms with van der Waals surface area (Å²) in [5.41, 5.74) is 0.757. The van der Waals surface area contributed by atoms with E-state index < -0.39 is 11.9 Å². The van der Waals surface area contributed by atoms with Gasteiger partial charge in [0.25, 0.3) is 0 Å². The van der Waals surface area contributed by atoms with Crippen molar-refractivity contribution in [2.24, 2.45) is 5.92 Å². The maximum atomic E-state index is 11.4. The quantitative estimate of drug-likeness (QED) is 0.616. The number of carboxylic acid groups (broad SMARTS) is 2. The molecule has 168 valence electrons. The van der Waals surface area contributed by atoms with Crippen molar-refractivity contribution in [3.8, 4) is 11.6 Å². The van der Waals surface area contributed by atoms with Gasteiger partial charge in [-0.25, -0.2) is 14.3 Å². The highest BCUT2D eigenvalue weighted by Crippen LogP contribution is 2.25. The van der Waals surface area contributed by atoms with E-state index >= 15 is 0 Å². The van der Waals surface area contributed by atoms with Gasteiger partial charge in [-0.15, -0.1) is 5.10 Å². The molecule has 1 aliphatic heterocycles. The van der Waals surface area contributed by atoms with Gasteiger partial charge in [0.2, 0.25) is 5.88 Å². The molecule has 0 aliphatic carbocycles. The number of benzene rings is 1. The summed E-state index contributed by atoms with van der Waals surface area (Å²) >= 11 is 12.1. The third-order valence-electron chi connectivity index (χ3n) is 4.72. The van der Waals surface area contributed by atoms with Crippen molar-refractivity contribution >= 4 is 40.9 Å². The number of hydrogen-bond acceptors (Lipinski definition) is 6. The van der Waals surface area contributed by atoms with Crippen molar-refractivity contribution in [2.45, 2.75) is 19.8 Å². The normalized spacial score (nSPS) is 14.4. The van der Waals surface area contributed by atoms with Crippen molar-refractivity contribution in [1.82, 2.24) is 14.7 Å². The van der Waals surface area contributed by atoms with Crippen molar-refractivity contribution in [3.05, 3.63) is 40.5 Å². The molecular formula is C20H23Cl2N3O6.